The van der Waals surface area contributed by atoms with Crippen LogP contribution < -0.4 is 15.8 Å². The summed E-state index contributed by atoms with van der Waals surface area (Å²) in [7, 11) is 0. The van der Waals surface area contributed by atoms with Gasteiger partial charge >= 0.3 is 0 Å². The molecule has 2 aromatic rings. The number of nitrogens with one attached hydrogen (secondary N) is 1. The van der Waals surface area contributed by atoms with E-state index in [1.54, 1.807) is 24.3 Å². The van der Waals surface area contributed by atoms with Gasteiger partial charge in [0.25, 0.3) is 0 Å². The first-order valence-corrected chi connectivity index (χ1v) is 8.58. The van der Waals surface area contributed by atoms with Crippen LogP contribution in [0.2, 0.25) is 0 Å². The number of thiazole rings is 1. The first-order chi connectivity index (χ1) is 12.0. The molecule has 0 bridgehead atoms. The molecule has 0 radical (unpaired) electrons. The van der Waals surface area contributed by atoms with E-state index < -0.39 is 17.7 Å². The van der Waals surface area contributed by atoms with Crippen molar-refractivity contribution in [3.63, 3.8) is 0 Å². The van der Waals surface area contributed by atoms with Crippen molar-refractivity contribution in [1.29, 1.82) is 5.26 Å². The fourth-order valence-electron chi connectivity index (χ4n) is 2.11. The van der Waals surface area contributed by atoms with E-state index in [9.17, 15) is 9.59 Å². The SMILES string of the molecule is CC(C(N)=O)C(=O)Nc1nc(C2CC2)c(Oc2ccc(C#N)cc2)s1. The minimum Gasteiger partial charge on any atom is -0.445 e. The standard InChI is InChI=1S/C17H16N4O3S/c1-9(14(19)22)15(23)21-17-20-13(11-4-5-11)16(25-17)24-12-6-2-10(8-18)3-7-12/h2-3,6-7,9,11H,4-5H2,1H3,(H2,19,22)(H,20,21,23). The summed E-state index contributed by atoms with van der Waals surface area (Å²) in [6, 6.07) is 8.82. The highest BCUT2D eigenvalue weighted by atomic mass is 32.1. The van der Waals surface area contributed by atoms with Crippen LogP contribution in [0, 0.1) is 17.2 Å². The van der Waals surface area contributed by atoms with Crippen molar-refractivity contribution < 1.29 is 14.3 Å². The van der Waals surface area contributed by atoms with Crippen LogP contribution in [-0.2, 0) is 9.59 Å². The molecule has 7 nitrogen and oxygen atoms in total. The number of amides is 2. The number of anilines is 1. The summed E-state index contributed by atoms with van der Waals surface area (Å²) < 4.78 is 5.88. The topological polar surface area (TPSA) is 118 Å². The number of nitriles is 1. The fraction of sp³-hybridized carbons (Fsp3) is 0.294. The lowest BCUT2D eigenvalue weighted by molar-refractivity contribution is -0.129. The average Bonchev–Trinajstić information content (AvgIpc) is 3.37. The smallest absolute Gasteiger partial charge is 0.238 e. The van der Waals surface area contributed by atoms with Gasteiger partial charge in [-0.3, -0.25) is 9.59 Å². The Labute approximate surface area is 148 Å². The zero-order valence-electron chi connectivity index (χ0n) is 13.5. The second-order valence-electron chi connectivity index (χ2n) is 5.82. The third-order valence-electron chi connectivity index (χ3n) is 3.83. The van der Waals surface area contributed by atoms with Gasteiger partial charge in [-0.25, -0.2) is 4.98 Å². The van der Waals surface area contributed by atoms with Crippen LogP contribution >= 0.6 is 11.3 Å². The van der Waals surface area contributed by atoms with Crippen LogP contribution in [0.15, 0.2) is 24.3 Å². The molecule has 8 heteroatoms. The van der Waals surface area contributed by atoms with Crippen LogP contribution in [0.1, 0.15) is 36.9 Å². The fourth-order valence-corrected chi connectivity index (χ4v) is 3.03. The van der Waals surface area contributed by atoms with Gasteiger partial charge in [0.05, 0.1) is 11.6 Å². The summed E-state index contributed by atoms with van der Waals surface area (Å²) in [6.07, 6.45) is 2.05. The van der Waals surface area contributed by atoms with Crippen molar-refractivity contribution in [1.82, 2.24) is 4.98 Å². The number of benzene rings is 1. The van der Waals surface area contributed by atoms with Gasteiger partial charge in [0.15, 0.2) is 5.13 Å². The summed E-state index contributed by atoms with van der Waals surface area (Å²) in [6.45, 7) is 1.45. The van der Waals surface area contributed by atoms with Crippen molar-refractivity contribution in [2.45, 2.75) is 25.7 Å². The first-order valence-electron chi connectivity index (χ1n) is 7.77. The van der Waals surface area contributed by atoms with Crippen LogP contribution in [-0.4, -0.2) is 16.8 Å². The van der Waals surface area contributed by atoms with Gasteiger partial charge < -0.3 is 15.8 Å². The third kappa shape index (κ3) is 3.95. The molecule has 1 aliphatic carbocycles. The molecule has 25 heavy (non-hydrogen) atoms. The van der Waals surface area contributed by atoms with E-state index in [2.05, 4.69) is 16.4 Å². The summed E-state index contributed by atoms with van der Waals surface area (Å²) >= 11 is 1.21. The van der Waals surface area contributed by atoms with Crippen LogP contribution in [0.25, 0.3) is 0 Å². The molecular formula is C17H16N4O3S. The minimum absolute atomic E-state index is 0.323. The van der Waals surface area contributed by atoms with Gasteiger partial charge in [-0.2, -0.15) is 5.26 Å². The van der Waals surface area contributed by atoms with E-state index in [0.717, 1.165) is 18.5 Å². The Kier molecular flexibility index (Phi) is 4.67. The lowest BCUT2D eigenvalue weighted by Crippen LogP contribution is -2.32. The van der Waals surface area contributed by atoms with Gasteiger partial charge in [0, 0.05) is 5.92 Å². The zero-order valence-corrected chi connectivity index (χ0v) is 14.3. The molecule has 0 saturated heterocycles. The lowest BCUT2D eigenvalue weighted by Gasteiger charge is -2.05. The van der Waals surface area contributed by atoms with Crippen molar-refractivity contribution >= 4 is 28.3 Å². The van der Waals surface area contributed by atoms with Crippen molar-refractivity contribution in [2.24, 2.45) is 11.7 Å². The van der Waals surface area contributed by atoms with Gasteiger partial charge in [-0.05, 0) is 44.0 Å². The zero-order chi connectivity index (χ0) is 18.0. The average molecular weight is 356 g/mol. The lowest BCUT2D eigenvalue weighted by atomic mass is 10.1. The minimum atomic E-state index is -0.934. The normalized spacial score (nSPS) is 14.4. The van der Waals surface area contributed by atoms with E-state index in [1.165, 1.54) is 18.3 Å². The van der Waals surface area contributed by atoms with E-state index in [0.29, 0.717) is 27.4 Å². The largest absolute Gasteiger partial charge is 0.445 e. The molecule has 3 N–H and O–H groups in total. The molecule has 128 valence electrons. The van der Waals surface area contributed by atoms with Crippen molar-refractivity contribution in [2.75, 3.05) is 5.32 Å². The predicted molar refractivity (Wildman–Crippen MR) is 92.3 cm³/mol. The maximum atomic E-state index is 12.0. The molecule has 2 amide bonds. The van der Waals surface area contributed by atoms with Crippen LogP contribution in [0.4, 0.5) is 5.13 Å². The second-order valence-corrected chi connectivity index (χ2v) is 6.78. The maximum Gasteiger partial charge on any atom is 0.238 e. The van der Waals surface area contributed by atoms with Crippen molar-refractivity contribution in [3.8, 4) is 16.9 Å². The molecule has 1 unspecified atom stereocenters. The summed E-state index contributed by atoms with van der Waals surface area (Å²) in [5, 5.41) is 12.4. The Hall–Kier alpha value is -2.92. The highest BCUT2D eigenvalue weighted by Crippen LogP contribution is 2.48. The van der Waals surface area contributed by atoms with Gasteiger partial charge in [-0.15, -0.1) is 0 Å². The van der Waals surface area contributed by atoms with E-state index in [-0.39, 0.29) is 0 Å². The van der Waals surface area contributed by atoms with Gasteiger partial charge in [-0.1, -0.05) is 11.3 Å². The van der Waals surface area contributed by atoms with Crippen LogP contribution in [0.5, 0.6) is 10.8 Å². The number of hydrogen-bond acceptors (Lipinski definition) is 6. The van der Waals surface area contributed by atoms with E-state index >= 15 is 0 Å². The molecule has 1 atom stereocenters. The summed E-state index contributed by atoms with van der Waals surface area (Å²) in [4.78, 5) is 27.5. The molecule has 3 rings (SSSR count). The number of aromatic nitrogens is 1. The molecule has 0 aliphatic heterocycles. The van der Waals surface area contributed by atoms with E-state index in [4.69, 9.17) is 15.7 Å². The monoisotopic (exact) mass is 356 g/mol. The Morgan fingerprint density at radius 2 is 2.08 bits per heavy atom. The molecule has 1 saturated carbocycles. The molecule has 1 aliphatic rings. The van der Waals surface area contributed by atoms with Crippen LogP contribution in [0.3, 0.4) is 0 Å². The van der Waals surface area contributed by atoms with Gasteiger partial charge in [0.1, 0.15) is 17.4 Å². The first kappa shape index (κ1) is 16.9. The number of rotatable bonds is 6. The quantitative estimate of drug-likeness (QED) is 0.772. The number of primary amides is 1. The molecule has 1 aromatic carbocycles. The van der Waals surface area contributed by atoms with Gasteiger partial charge in [0.2, 0.25) is 16.9 Å². The third-order valence-corrected chi connectivity index (χ3v) is 4.69. The van der Waals surface area contributed by atoms with E-state index in [1.807, 2.05) is 0 Å². The molecule has 0 spiro atoms. The Bertz CT molecular complexity index is 850. The number of hydrogen-bond donors (Lipinski definition) is 2. The van der Waals surface area contributed by atoms with Crippen molar-refractivity contribution in [3.05, 3.63) is 35.5 Å². The maximum absolute atomic E-state index is 12.0. The number of carbonyl (C=O) groups is 2. The number of nitrogens with two attached hydrogens (primary N) is 1. The summed E-state index contributed by atoms with van der Waals surface area (Å²) in [5.74, 6) is -1.20. The Morgan fingerprint density at radius 1 is 1.40 bits per heavy atom. The molecular weight excluding hydrogens is 340 g/mol. The molecule has 1 fully saturated rings. The number of ether oxygens (including phenoxy) is 1. The Balaban J connectivity index is 1.79. The molecule has 1 heterocycles. The second kappa shape index (κ2) is 6.91. The highest BCUT2D eigenvalue weighted by molar-refractivity contribution is 7.17. The number of carbonyl (C=O) groups excluding carboxylic acids is 2. The predicted octanol–water partition coefficient (Wildman–Crippen LogP) is 2.74. The number of nitrogens with zero attached hydrogens (tertiary/aromatic N) is 2. The molecule has 1 aromatic heterocycles. The summed E-state index contributed by atoms with van der Waals surface area (Å²) in [5.41, 5.74) is 6.50. The highest BCUT2D eigenvalue weighted by Gasteiger charge is 2.32. The Morgan fingerprint density at radius 3 is 2.64 bits per heavy atom.